The molecule has 0 aliphatic carbocycles. The number of carbonyl (C=O) groups excluding carboxylic acids is 1. The molecule has 1 unspecified atom stereocenters. The molecule has 1 fully saturated rings. The number of aromatic nitrogens is 2. The molecule has 0 spiro atoms. The standard InChI is InChI=1S/C26H29F3N3O10P/c1-13(2)40-23(36)14(3)31-43(38,42-18-10-6-8-15-7-4-5-9-16(15)18)39-12-26(24(28)29)20(34)19(33)22(41-26)32-11-17(27)21(35)30-25(32)37/h4-11,13-14,19-20,22,24,33-34H,12H2,1-3H3,(H,31,38)(H,30,35,37)/t14-,19+,20-,22+,26+,43?/m0/s1. The van der Waals surface area contributed by atoms with Gasteiger partial charge in [-0.2, -0.15) is 9.48 Å². The van der Waals surface area contributed by atoms with E-state index in [-0.39, 0.29) is 10.3 Å². The summed E-state index contributed by atoms with van der Waals surface area (Å²) in [6.45, 7) is 2.97. The van der Waals surface area contributed by atoms with Crippen molar-refractivity contribution < 1.29 is 51.3 Å². The lowest BCUT2D eigenvalue weighted by Crippen LogP contribution is -2.53. The average molecular weight is 631 g/mol. The molecule has 0 radical (unpaired) electrons. The molecule has 234 valence electrons. The molecule has 4 N–H and O–H groups in total. The second-order valence-electron chi connectivity index (χ2n) is 10.0. The third-order valence-corrected chi connectivity index (χ3v) is 8.12. The molecule has 4 rings (SSSR count). The van der Waals surface area contributed by atoms with E-state index in [1.807, 2.05) is 0 Å². The Balaban J connectivity index is 1.69. The van der Waals surface area contributed by atoms with Crippen molar-refractivity contribution in [2.45, 2.75) is 63.4 Å². The first-order valence-corrected chi connectivity index (χ1v) is 14.4. The smallest absolute Gasteiger partial charge is 0.459 e. The average Bonchev–Trinajstić information content (AvgIpc) is 3.20. The van der Waals surface area contributed by atoms with Gasteiger partial charge < -0.3 is 24.2 Å². The molecule has 0 bridgehead atoms. The summed E-state index contributed by atoms with van der Waals surface area (Å²) in [5, 5.41) is 24.7. The van der Waals surface area contributed by atoms with Gasteiger partial charge >= 0.3 is 19.4 Å². The predicted molar refractivity (Wildman–Crippen MR) is 144 cm³/mol. The number of aliphatic hydroxyl groups excluding tert-OH is 2. The van der Waals surface area contributed by atoms with E-state index < -0.39 is 80.0 Å². The molecule has 1 aliphatic rings. The third-order valence-electron chi connectivity index (χ3n) is 6.51. The van der Waals surface area contributed by atoms with Crippen LogP contribution in [0.25, 0.3) is 10.8 Å². The number of hydrogen-bond donors (Lipinski definition) is 4. The number of aliphatic hydroxyl groups is 2. The summed E-state index contributed by atoms with van der Waals surface area (Å²) in [5.41, 5.74) is -5.91. The van der Waals surface area contributed by atoms with Crippen molar-refractivity contribution in [3.8, 4) is 5.75 Å². The van der Waals surface area contributed by atoms with E-state index >= 15 is 0 Å². The SMILES string of the molecule is CC(C)OC(=O)[C@H](C)NP(=O)(OC[C@@]1(C(F)F)O[C@@H](n2cc(F)c(=O)[nH]c2=O)[C@H](O)[C@@H]1O)Oc1cccc2ccccc12. The zero-order valence-electron chi connectivity index (χ0n) is 23.0. The topological polar surface area (TPSA) is 178 Å². The normalized spacial score (nSPS) is 24.3. The highest BCUT2D eigenvalue weighted by atomic mass is 31.2. The molecule has 3 aromatic rings. The summed E-state index contributed by atoms with van der Waals surface area (Å²) < 4.78 is 78.7. The number of esters is 1. The van der Waals surface area contributed by atoms with Crippen LogP contribution in [0.1, 0.15) is 27.0 Å². The minimum atomic E-state index is -4.83. The summed E-state index contributed by atoms with van der Waals surface area (Å²) in [7, 11) is -4.83. The Bertz CT molecular complexity index is 1650. The number of benzene rings is 2. The first-order chi connectivity index (χ1) is 20.2. The molecule has 13 nitrogen and oxygen atoms in total. The second kappa shape index (κ2) is 12.6. The van der Waals surface area contributed by atoms with Crippen molar-refractivity contribution >= 4 is 24.5 Å². The zero-order chi connectivity index (χ0) is 31.7. The van der Waals surface area contributed by atoms with Crippen LogP contribution in [-0.2, 0) is 23.4 Å². The molecule has 43 heavy (non-hydrogen) atoms. The van der Waals surface area contributed by atoms with Crippen LogP contribution in [0.4, 0.5) is 13.2 Å². The van der Waals surface area contributed by atoms with Crippen LogP contribution in [0.2, 0.25) is 0 Å². The Morgan fingerprint density at radius 3 is 2.51 bits per heavy atom. The third kappa shape index (κ3) is 6.69. The van der Waals surface area contributed by atoms with Crippen LogP contribution >= 0.6 is 7.75 Å². The largest absolute Gasteiger partial charge is 0.462 e. The minimum absolute atomic E-state index is 0.0227. The van der Waals surface area contributed by atoms with E-state index in [2.05, 4.69) is 5.09 Å². The Labute approximate surface area is 241 Å². The molecule has 1 aliphatic heterocycles. The molecular formula is C26H29F3N3O10P. The van der Waals surface area contributed by atoms with Crippen molar-refractivity contribution in [3.05, 3.63) is 75.3 Å². The van der Waals surface area contributed by atoms with E-state index in [9.17, 15) is 42.3 Å². The summed E-state index contributed by atoms with van der Waals surface area (Å²) in [6, 6.07) is 10.1. The van der Waals surface area contributed by atoms with Crippen LogP contribution in [-0.4, -0.2) is 68.7 Å². The highest BCUT2D eigenvalue weighted by Gasteiger charge is 2.61. The Kier molecular flexibility index (Phi) is 9.49. The summed E-state index contributed by atoms with van der Waals surface area (Å²) >= 11 is 0. The summed E-state index contributed by atoms with van der Waals surface area (Å²) in [4.78, 5) is 37.7. The van der Waals surface area contributed by atoms with Gasteiger partial charge in [-0.25, -0.2) is 18.1 Å². The van der Waals surface area contributed by atoms with Crippen LogP contribution in [0.3, 0.4) is 0 Å². The number of fused-ring (bicyclic) bond motifs is 1. The number of hydrogen-bond acceptors (Lipinski definition) is 10. The van der Waals surface area contributed by atoms with Crippen molar-refractivity contribution in [1.29, 1.82) is 0 Å². The molecule has 0 saturated carbocycles. The summed E-state index contributed by atoms with van der Waals surface area (Å²) in [6.07, 6.45) is -10.8. The zero-order valence-corrected chi connectivity index (χ0v) is 23.9. The van der Waals surface area contributed by atoms with Crippen molar-refractivity contribution in [2.75, 3.05) is 6.61 Å². The molecule has 6 atom stereocenters. The number of halogens is 3. The Morgan fingerprint density at radius 1 is 1.16 bits per heavy atom. The van der Waals surface area contributed by atoms with Crippen molar-refractivity contribution in [2.24, 2.45) is 0 Å². The van der Waals surface area contributed by atoms with Crippen LogP contribution in [0, 0.1) is 5.82 Å². The quantitative estimate of drug-likeness (QED) is 0.180. The van der Waals surface area contributed by atoms with Crippen LogP contribution in [0.5, 0.6) is 5.75 Å². The molecule has 17 heteroatoms. The highest BCUT2D eigenvalue weighted by Crippen LogP contribution is 2.50. The first-order valence-electron chi connectivity index (χ1n) is 12.9. The van der Waals surface area contributed by atoms with E-state index in [1.165, 1.54) is 13.0 Å². The van der Waals surface area contributed by atoms with Gasteiger partial charge in [-0.3, -0.25) is 23.7 Å². The fraction of sp³-hybridized carbons (Fsp3) is 0.423. The monoisotopic (exact) mass is 631 g/mol. The van der Waals surface area contributed by atoms with Gasteiger partial charge in [-0.1, -0.05) is 36.4 Å². The number of aromatic amines is 1. The van der Waals surface area contributed by atoms with Gasteiger partial charge in [-0.15, -0.1) is 0 Å². The Hall–Kier alpha value is -3.53. The number of H-pyrrole nitrogens is 1. The van der Waals surface area contributed by atoms with Gasteiger partial charge in [-0.05, 0) is 32.2 Å². The highest BCUT2D eigenvalue weighted by molar-refractivity contribution is 7.52. The van der Waals surface area contributed by atoms with Crippen LogP contribution in [0.15, 0.2) is 58.3 Å². The first kappa shape index (κ1) is 32.4. The number of nitrogens with one attached hydrogen (secondary N) is 2. The number of nitrogens with zero attached hydrogens (tertiary/aromatic N) is 1. The number of alkyl halides is 2. The fourth-order valence-electron chi connectivity index (χ4n) is 4.35. The van der Waals surface area contributed by atoms with Crippen LogP contribution < -0.4 is 20.9 Å². The fourth-order valence-corrected chi connectivity index (χ4v) is 5.90. The summed E-state index contributed by atoms with van der Waals surface area (Å²) in [5.74, 6) is -2.41. The molecule has 2 aromatic carbocycles. The van der Waals surface area contributed by atoms with E-state index in [1.54, 1.807) is 55.2 Å². The van der Waals surface area contributed by atoms with Crippen molar-refractivity contribution in [1.82, 2.24) is 14.6 Å². The lowest BCUT2D eigenvalue weighted by molar-refractivity contribution is -0.193. The van der Waals surface area contributed by atoms with Gasteiger partial charge in [0.15, 0.2) is 11.8 Å². The number of rotatable bonds is 11. The van der Waals surface area contributed by atoms with Gasteiger partial charge in [0.2, 0.25) is 5.82 Å². The lowest BCUT2D eigenvalue weighted by Gasteiger charge is -2.32. The maximum Gasteiger partial charge on any atom is 0.459 e. The molecule has 1 aromatic heterocycles. The number of ether oxygens (including phenoxy) is 2. The molecule has 0 amide bonds. The molecule has 1 saturated heterocycles. The maximum atomic E-state index is 14.6. The van der Waals surface area contributed by atoms with Gasteiger partial charge in [0, 0.05) is 5.39 Å². The van der Waals surface area contributed by atoms with Gasteiger partial charge in [0.1, 0.15) is 24.0 Å². The Morgan fingerprint density at radius 2 is 1.84 bits per heavy atom. The van der Waals surface area contributed by atoms with Crippen molar-refractivity contribution in [3.63, 3.8) is 0 Å². The lowest BCUT2D eigenvalue weighted by atomic mass is 9.96. The van der Waals surface area contributed by atoms with E-state index in [4.69, 9.17) is 18.5 Å². The molecule has 2 heterocycles. The molecular weight excluding hydrogens is 602 g/mol. The second-order valence-corrected chi connectivity index (χ2v) is 11.7. The predicted octanol–water partition coefficient (Wildman–Crippen LogP) is 2.22. The van der Waals surface area contributed by atoms with E-state index in [0.717, 1.165) is 0 Å². The van der Waals surface area contributed by atoms with Gasteiger partial charge in [0.25, 0.3) is 12.0 Å². The minimum Gasteiger partial charge on any atom is -0.462 e. The number of carbonyl (C=O) groups is 1. The maximum absolute atomic E-state index is 14.6. The van der Waals surface area contributed by atoms with Gasteiger partial charge in [0.05, 0.1) is 18.9 Å². The van der Waals surface area contributed by atoms with E-state index in [0.29, 0.717) is 17.0 Å².